The molecule has 0 amide bonds. The van der Waals surface area contributed by atoms with E-state index in [2.05, 4.69) is 6.92 Å². The van der Waals surface area contributed by atoms with Gasteiger partial charge < -0.3 is 4.74 Å². The minimum Gasteiger partial charge on any atom is -0.378 e. The summed E-state index contributed by atoms with van der Waals surface area (Å²) in [5.41, 5.74) is 0. The highest BCUT2D eigenvalue weighted by Crippen LogP contribution is 2.42. The van der Waals surface area contributed by atoms with Gasteiger partial charge in [0, 0.05) is 12.5 Å². The lowest BCUT2D eigenvalue weighted by molar-refractivity contribution is -0.0166. The zero-order chi connectivity index (χ0) is 19.8. The van der Waals surface area contributed by atoms with Gasteiger partial charge in [0.15, 0.2) is 0 Å². The Morgan fingerprint density at radius 2 is 1.39 bits per heavy atom. The first kappa shape index (κ1) is 22.2. The molecule has 0 spiro atoms. The molecular formula is C25H42F2O. The van der Waals surface area contributed by atoms with Crippen LogP contribution in [0.15, 0.2) is 11.9 Å². The molecule has 3 rings (SSSR count). The Hall–Kier alpha value is -0.440. The number of hydrogen-bond donors (Lipinski definition) is 0. The molecule has 28 heavy (non-hydrogen) atoms. The fourth-order valence-electron chi connectivity index (χ4n) is 6.20. The summed E-state index contributed by atoms with van der Waals surface area (Å²) in [4.78, 5) is 0. The molecule has 0 radical (unpaired) electrons. The number of hydrogen-bond acceptors (Lipinski definition) is 1. The lowest BCUT2D eigenvalue weighted by atomic mass is 9.70. The fourth-order valence-corrected chi connectivity index (χ4v) is 6.20. The minimum atomic E-state index is -0.683. The molecule has 1 nitrogen and oxygen atoms in total. The summed E-state index contributed by atoms with van der Waals surface area (Å²) in [6.45, 7) is 2.48. The van der Waals surface area contributed by atoms with Crippen LogP contribution < -0.4 is 0 Å². The molecule has 3 saturated carbocycles. The third kappa shape index (κ3) is 6.54. The molecule has 0 saturated heterocycles. The van der Waals surface area contributed by atoms with Crippen molar-refractivity contribution in [3.05, 3.63) is 11.9 Å². The summed E-state index contributed by atoms with van der Waals surface area (Å²) in [6.07, 6.45) is 19.2. The predicted molar refractivity (Wildman–Crippen MR) is 113 cm³/mol. The zero-order valence-electron chi connectivity index (χ0n) is 18.0. The fraction of sp³-hybridized carbons (Fsp3) is 0.920. The Morgan fingerprint density at radius 1 is 0.821 bits per heavy atom. The summed E-state index contributed by atoms with van der Waals surface area (Å²) in [6, 6.07) is 0. The molecule has 0 atom stereocenters. The normalized spacial score (nSPS) is 37.8. The number of ether oxygens (including phenoxy) is 1. The van der Waals surface area contributed by atoms with Crippen LogP contribution in [-0.2, 0) is 4.74 Å². The Kier molecular flexibility index (Phi) is 9.27. The van der Waals surface area contributed by atoms with E-state index in [1.54, 1.807) is 0 Å². The number of rotatable bonds is 8. The van der Waals surface area contributed by atoms with Gasteiger partial charge in [0.25, 0.3) is 0 Å². The summed E-state index contributed by atoms with van der Waals surface area (Å²) in [5.74, 6) is 3.23. The Balaban J connectivity index is 1.29. The van der Waals surface area contributed by atoms with E-state index in [1.165, 1.54) is 64.2 Å². The Labute approximate surface area is 171 Å². The van der Waals surface area contributed by atoms with Crippen molar-refractivity contribution in [3.8, 4) is 0 Å². The van der Waals surface area contributed by atoms with E-state index in [4.69, 9.17) is 4.74 Å². The van der Waals surface area contributed by atoms with Crippen LogP contribution in [0.3, 0.4) is 0 Å². The smallest absolute Gasteiger partial charge is 0.110 e. The summed E-state index contributed by atoms with van der Waals surface area (Å²) in [7, 11) is 0. The van der Waals surface area contributed by atoms with Crippen molar-refractivity contribution in [1.82, 2.24) is 0 Å². The third-order valence-corrected chi connectivity index (χ3v) is 8.05. The van der Waals surface area contributed by atoms with E-state index in [1.807, 2.05) is 0 Å². The quantitative estimate of drug-likeness (QED) is 0.407. The van der Waals surface area contributed by atoms with Crippen molar-refractivity contribution in [2.75, 3.05) is 13.3 Å². The second-order valence-corrected chi connectivity index (χ2v) is 9.90. The maximum atomic E-state index is 13.7. The number of alkyl halides is 1. The van der Waals surface area contributed by atoms with E-state index in [-0.39, 0.29) is 11.7 Å². The van der Waals surface area contributed by atoms with Gasteiger partial charge in [-0.3, -0.25) is 0 Å². The summed E-state index contributed by atoms with van der Waals surface area (Å²) >= 11 is 0. The largest absolute Gasteiger partial charge is 0.378 e. The zero-order valence-corrected chi connectivity index (χ0v) is 18.0. The van der Waals surface area contributed by atoms with Gasteiger partial charge in [-0.2, -0.15) is 0 Å². The minimum absolute atomic E-state index is 0.0464. The molecule has 3 aliphatic carbocycles. The van der Waals surface area contributed by atoms with Gasteiger partial charge in [-0.25, -0.2) is 8.78 Å². The van der Waals surface area contributed by atoms with Crippen molar-refractivity contribution >= 4 is 0 Å². The molecular weight excluding hydrogens is 354 g/mol. The first-order chi connectivity index (χ1) is 13.7. The average molecular weight is 397 g/mol. The second kappa shape index (κ2) is 11.7. The maximum absolute atomic E-state index is 13.7. The SMILES string of the molecule is CCCC1CCC(C2CCC(OCC3CCC(/C(F)=C/CF)CC3)CC2)CC1. The van der Waals surface area contributed by atoms with Crippen LogP contribution in [0, 0.1) is 29.6 Å². The van der Waals surface area contributed by atoms with Crippen molar-refractivity contribution in [2.24, 2.45) is 29.6 Å². The van der Waals surface area contributed by atoms with Crippen LogP contribution in [-0.4, -0.2) is 19.4 Å². The molecule has 0 bridgehead atoms. The van der Waals surface area contributed by atoms with Crippen LogP contribution >= 0.6 is 0 Å². The van der Waals surface area contributed by atoms with Gasteiger partial charge in [0.05, 0.1) is 6.10 Å². The summed E-state index contributed by atoms with van der Waals surface area (Å²) in [5, 5.41) is 0. The number of allylic oxidation sites excluding steroid dienone is 2. The molecule has 0 unspecified atom stereocenters. The lowest BCUT2D eigenvalue weighted by Gasteiger charge is -2.38. The van der Waals surface area contributed by atoms with E-state index in [0.29, 0.717) is 12.0 Å². The van der Waals surface area contributed by atoms with Crippen molar-refractivity contribution in [3.63, 3.8) is 0 Å². The highest BCUT2D eigenvalue weighted by Gasteiger charge is 2.31. The molecule has 3 heteroatoms. The molecule has 3 fully saturated rings. The third-order valence-electron chi connectivity index (χ3n) is 8.05. The molecule has 0 aliphatic heterocycles. The van der Waals surface area contributed by atoms with Crippen molar-refractivity contribution < 1.29 is 13.5 Å². The predicted octanol–water partition coefficient (Wildman–Crippen LogP) is 7.80. The first-order valence-corrected chi connectivity index (χ1v) is 12.2. The number of halogens is 2. The van der Waals surface area contributed by atoms with E-state index < -0.39 is 6.67 Å². The van der Waals surface area contributed by atoms with Crippen LogP contribution in [0.25, 0.3) is 0 Å². The topological polar surface area (TPSA) is 9.23 Å². The Bertz CT molecular complexity index is 453. The van der Waals surface area contributed by atoms with Gasteiger partial charge in [0.1, 0.15) is 12.5 Å². The van der Waals surface area contributed by atoms with Crippen molar-refractivity contribution in [1.29, 1.82) is 0 Å². The molecule has 0 aromatic carbocycles. The van der Waals surface area contributed by atoms with Crippen LogP contribution in [0.4, 0.5) is 8.78 Å². The molecule has 3 aliphatic rings. The van der Waals surface area contributed by atoms with E-state index in [9.17, 15) is 8.78 Å². The van der Waals surface area contributed by atoms with Gasteiger partial charge in [0.2, 0.25) is 0 Å². The molecule has 0 aromatic heterocycles. The van der Waals surface area contributed by atoms with Crippen LogP contribution in [0.5, 0.6) is 0 Å². The van der Waals surface area contributed by atoms with E-state index >= 15 is 0 Å². The Morgan fingerprint density at radius 3 is 1.96 bits per heavy atom. The highest BCUT2D eigenvalue weighted by atomic mass is 19.1. The first-order valence-electron chi connectivity index (χ1n) is 12.2. The molecule has 0 aromatic rings. The average Bonchev–Trinajstić information content (AvgIpc) is 2.74. The second-order valence-electron chi connectivity index (χ2n) is 9.90. The van der Waals surface area contributed by atoms with Crippen LogP contribution in [0.1, 0.15) is 96.8 Å². The van der Waals surface area contributed by atoms with E-state index in [0.717, 1.165) is 56.1 Å². The van der Waals surface area contributed by atoms with Crippen molar-refractivity contribution in [2.45, 2.75) is 103 Å². The maximum Gasteiger partial charge on any atom is 0.110 e. The molecule has 0 heterocycles. The van der Waals surface area contributed by atoms with Gasteiger partial charge >= 0.3 is 0 Å². The molecule has 162 valence electrons. The van der Waals surface area contributed by atoms with Gasteiger partial charge in [-0.05, 0) is 94.0 Å². The highest BCUT2D eigenvalue weighted by molar-refractivity contribution is 4.99. The summed E-state index contributed by atoms with van der Waals surface area (Å²) < 4.78 is 32.3. The van der Waals surface area contributed by atoms with Gasteiger partial charge in [-0.15, -0.1) is 0 Å². The van der Waals surface area contributed by atoms with Gasteiger partial charge in [-0.1, -0.05) is 32.6 Å². The molecule has 0 N–H and O–H groups in total. The van der Waals surface area contributed by atoms with Crippen LogP contribution in [0.2, 0.25) is 0 Å². The standard InChI is InChI=1S/C25H42F2O/c1-2-3-19-4-8-21(9-5-19)22-12-14-24(15-13-22)28-18-20-6-10-23(11-7-20)25(27)16-17-26/h16,19-24H,2-15,17-18H2,1H3/b25-16-. The lowest BCUT2D eigenvalue weighted by Crippen LogP contribution is -2.30. The monoisotopic (exact) mass is 396 g/mol.